The fraction of sp³-hybridized carbons (Fsp3) is 0.875. The van der Waals surface area contributed by atoms with Gasteiger partial charge in [-0.3, -0.25) is 9.59 Å². The molecule has 0 aromatic heterocycles. The van der Waals surface area contributed by atoms with Crippen molar-refractivity contribution in [1.29, 1.82) is 0 Å². The molecule has 0 radical (unpaired) electrons. The lowest BCUT2D eigenvalue weighted by Gasteiger charge is -2.37. The van der Waals surface area contributed by atoms with E-state index in [9.17, 15) is 9.59 Å². The summed E-state index contributed by atoms with van der Waals surface area (Å²) >= 11 is 0. The summed E-state index contributed by atoms with van der Waals surface area (Å²) in [6, 6.07) is 0. The van der Waals surface area contributed by atoms with Crippen LogP contribution in [0.4, 0.5) is 0 Å². The number of rotatable bonds is 4. The Balaban J connectivity index is 1.77. The van der Waals surface area contributed by atoms with E-state index >= 15 is 0 Å². The summed E-state index contributed by atoms with van der Waals surface area (Å²) < 4.78 is 9.71. The van der Waals surface area contributed by atoms with E-state index in [1.165, 1.54) is 39.9 Å². The van der Waals surface area contributed by atoms with Gasteiger partial charge in [0.25, 0.3) is 0 Å². The standard InChI is InChI=1S/C16H24O4/c1-19-15(17)7-13-11-6-12(10-5-3-4-9(10)11)14(13)8-16(18)20-2/h9-14H,3-8H2,1-2H3. The molecule has 4 heteroatoms. The summed E-state index contributed by atoms with van der Waals surface area (Å²) in [5.41, 5.74) is 0. The van der Waals surface area contributed by atoms with Crippen molar-refractivity contribution < 1.29 is 19.1 Å². The van der Waals surface area contributed by atoms with E-state index in [2.05, 4.69) is 0 Å². The first kappa shape index (κ1) is 13.9. The Kier molecular flexibility index (Phi) is 3.74. The van der Waals surface area contributed by atoms with Crippen molar-refractivity contribution in [3.05, 3.63) is 0 Å². The number of hydrogen-bond donors (Lipinski definition) is 0. The summed E-state index contributed by atoms with van der Waals surface area (Å²) in [5.74, 6) is 3.23. The topological polar surface area (TPSA) is 52.6 Å². The van der Waals surface area contributed by atoms with E-state index in [1.807, 2.05) is 0 Å². The van der Waals surface area contributed by atoms with Crippen LogP contribution in [-0.2, 0) is 19.1 Å². The van der Waals surface area contributed by atoms with Gasteiger partial charge in [0.2, 0.25) is 0 Å². The minimum absolute atomic E-state index is 0.132. The van der Waals surface area contributed by atoms with E-state index < -0.39 is 0 Å². The number of fused-ring (bicyclic) bond motifs is 5. The van der Waals surface area contributed by atoms with E-state index in [1.54, 1.807) is 0 Å². The van der Waals surface area contributed by atoms with Crippen molar-refractivity contribution in [2.75, 3.05) is 14.2 Å². The SMILES string of the molecule is COC(=O)CC1C(CC(=O)OC)C2CC1C1CCCC12. The van der Waals surface area contributed by atoms with Crippen LogP contribution in [0.1, 0.15) is 38.5 Å². The zero-order valence-electron chi connectivity index (χ0n) is 12.3. The van der Waals surface area contributed by atoms with E-state index in [0.29, 0.717) is 36.5 Å². The molecule has 6 atom stereocenters. The van der Waals surface area contributed by atoms with Gasteiger partial charge in [-0.1, -0.05) is 6.42 Å². The minimum Gasteiger partial charge on any atom is -0.469 e. The summed E-state index contributed by atoms with van der Waals surface area (Å²) in [4.78, 5) is 23.4. The average Bonchev–Trinajstić information content (AvgIpc) is 3.11. The molecule has 2 bridgehead atoms. The van der Waals surface area contributed by atoms with Crippen LogP contribution in [-0.4, -0.2) is 26.2 Å². The van der Waals surface area contributed by atoms with Gasteiger partial charge in [-0.15, -0.1) is 0 Å². The van der Waals surface area contributed by atoms with Gasteiger partial charge >= 0.3 is 11.9 Å². The Morgan fingerprint density at radius 2 is 1.30 bits per heavy atom. The molecule has 0 saturated heterocycles. The monoisotopic (exact) mass is 280 g/mol. The lowest BCUT2D eigenvalue weighted by Crippen LogP contribution is -2.35. The molecular weight excluding hydrogens is 256 g/mol. The molecule has 3 saturated carbocycles. The molecule has 20 heavy (non-hydrogen) atoms. The van der Waals surface area contributed by atoms with Crippen molar-refractivity contribution in [2.24, 2.45) is 35.5 Å². The third-order valence-electron chi connectivity index (χ3n) is 6.18. The highest BCUT2D eigenvalue weighted by Crippen LogP contribution is 2.64. The van der Waals surface area contributed by atoms with Crippen LogP contribution in [0.15, 0.2) is 0 Å². The maximum Gasteiger partial charge on any atom is 0.305 e. The number of carbonyl (C=O) groups is 2. The molecule has 0 heterocycles. The van der Waals surface area contributed by atoms with Gasteiger partial charge in [-0.25, -0.2) is 0 Å². The number of ether oxygens (including phenoxy) is 2. The maximum absolute atomic E-state index is 11.7. The van der Waals surface area contributed by atoms with Crippen LogP contribution in [0.3, 0.4) is 0 Å². The summed E-state index contributed by atoms with van der Waals surface area (Å²) in [6.45, 7) is 0. The molecule has 0 aromatic carbocycles. The van der Waals surface area contributed by atoms with E-state index in [0.717, 1.165) is 11.8 Å². The van der Waals surface area contributed by atoms with Gasteiger partial charge in [-0.2, -0.15) is 0 Å². The highest BCUT2D eigenvalue weighted by Gasteiger charge is 2.59. The summed E-state index contributed by atoms with van der Waals surface area (Å²) in [7, 11) is 2.90. The highest BCUT2D eigenvalue weighted by atomic mass is 16.5. The fourth-order valence-corrected chi connectivity index (χ4v) is 5.52. The molecule has 0 amide bonds. The van der Waals surface area contributed by atoms with Crippen molar-refractivity contribution >= 4 is 11.9 Å². The lowest BCUT2D eigenvalue weighted by molar-refractivity contribution is -0.147. The zero-order valence-corrected chi connectivity index (χ0v) is 12.3. The number of esters is 2. The first-order valence-electron chi connectivity index (χ1n) is 7.79. The molecule has 0 aromatic rings. The normalized spacial score (nSPS) is 41.5. The van der Waals surface area contributed by atoms with Crippen molar-refractivity contribution in [3.8, 4) is 0 Å². The predicted molar refractivity (Wildman–Crippen MR) is 72.7 cm³/mol. The maximum atomic E-state index is 11.7. The Morgan fingerprint density at radius 1 is 0.850 bits per heavy atom. The van der Waals surface area contributed by atoms with Crippen LogP contribution in [0.5, 0.6) is 0 Å². The van der Waals surface area contributed by atoms with Gasteiger partial charge in [0.1, 0.15) is 0 Å². The van der Waals surface area contributed by atoms with Gasteiger partial charge < -0.3 is 9.47 Å². The molecule has 3 aliphatic rings. The van der Waals surface area contributed by atoms with Gasteiger partial charge in [-0.05, 0) is 54.8 Å². The Hall–Kier alpha value is -1.06. The Labute approximate surface area is 120 Å². The lowest BCUT2D eigenvalue weighted by atomic mass is 9.67. The predicted octanol–water partition coefficient (Wildman–Crippen LogP) is 2.41. The number of carbonyl (C=O) groups excluding carboxylic acids is 2. The van der Waals surface area contributed by atoms with Gasteiger partial charge in [0, 0.05) is 12.8 Å². The van der Waals surface area contributed by atoms with Crippen LogP contribution in [0, 0.1) is 35.5 Å². The average molecular weight is 280 g/mol. The third-order valence-corrected chi connectivity index (χ3v) is 6.18. The second-order valence-corrected chi connectivity index (χ2v) is 6.71. The second-order valence-electron chi connectivity index (χ2n) is 6.71. The van der Waals surface area contributed by atoms with Crippen molar-refractivity contribution in [3.63, 3.8) is 0 Å². The number of hydrogen-bond acceptors (Lipinski definition) is 4. The molecular formula is C16H24O4. The van der Waals surface area contributed by atoms with E-state index in [-0.39, 0.29) is 11.9 Å². The molecule has 112 valence electrons. The summed E-state index contributed by atoms with van der Waals surface area (Å²) in [6.07, 6.45) is 6.10. The number of methoxy groups -OCH3 is 2. The molecule has 0 aliphatic heterocycles. The van der Waals surface area contributed by atoms with Crippen LogP contribution in [0.25, 0.3) is 0 Å². The van der Waals surface area contributed by atoms with Crippen molar-refractivity contribution in [2.45, 2.75) is 38.5 Å². The molecule has 3 aliphatic carbocycles. The fourth-order valence-electron chi connectivity index (χ4n) is 5.52. The molecule has 3 fully saturated rings. The van der Waals surface area contributed by atoms with Crippen LogP contribution < -0.4 is 0 Å². The smallest absolute Gasteiger partial charge is 0.305 e. The molecule has 4 nitrogen and oxygen atoms in total. The van der Waals surface area contributed by atoms with Crippen LogP contribution >= 0.6 is 0 Å². The highest BCUT2D eigenvalue weighted by molar-refractivity contribution is 5.71. The quantitative estimate of drug-likeness (QED) is 0.742. The zero-order chi connectivity index (χ0) is 14.3. The molecule has 0 N–H and O–H groups in total. The second kappa shape index (κ2) is 5.38. The Morgan fingerprint density at radius 3 is 1.70 bits per heavy atom. The third kappa shape index (κ3) is 2.13. The first-order valence-corrected chi connectivity index (χ1v) is 7.79. The van der Waals surface area contributed by atoms with Crippen LogP contribution in [0.2, 0.25) is 0 Å². The van der Waals surface area contributed by atoms with E-state index in [4.69, 9.17) is 9.47 Å². The first-order chi connectivity index (χ1) is 9.65. The minimum atomic E-state index is -0.132. The van der Waals surface area contributed by atoms with Crippen molar-refractivity contribution in [1.82, 2.24) is 0 Å². The van der Waals surface area contributed by atoms with Gasteiger partial charge in [0.05, 0.1) is 14.2 Å². The summed E-state index contributed by atoms with van der Waals surface area (Å²) in [5, 5.41) is 0. The molecule has 6 unspecified atom stereocenters. The van der Waals surface area contributed by atoms with Gasteiger partial charge in [0.15, 0.2) is 0 Å². The largest absolute Gasteiger partial charge is 0.469 e. The Bertz CT molecular complexity index is 369. The molecule has 3 rings (SSSR count). The molecule has 0 spiro atoms.